The fourth-order valence-corrected chi connectivity index (χ4v) is 2.68. The van der Waals surface area contributed by atoms with E-state index >= 15 is 0 Å². The van der Waals surface area contributed by atoms with Crippen LogP contribution in [0.1, 0.15) is 43.1 Å². The van der Waals surface area contributed by atoms with Crippen LogP contribution in [0.2, 0.25) is 0 Å². The molecule has 102 valence electrons. The summed E-state index contributed by atoms with van der Waals surface area (Å²) in [5.74, 6) is 0. The average Bonchev–Trinajstić information content (AvgIpc) is 3.10. The van der Waals surface area contributed by atoms with Crippen molar-refractivity contribution in [2.45, 2.75) is 44.7 Å². The average molecular weight is 260 g/mol. The SMILES string of the molecule is NCCc1cn(Cc2ccn(C3CCCC3)n2)nn1. The molecule has 0 atom stereocenters. The van der Waals surface area contributed by atoms with Crippen molar-refractivity contribution in [2.75, 3.05) is 6.54 Å². The van der Waals surface area contributed by atoms with Crippen LogP contribution in [-0.2, 0) is 13.0 Å². The number of rotatable bonds is 5. The van der Waals surface area contributed by atoms with E-state index in [0.717, 1.165) is 17.8 Å². The van der Waals surface area contributed by atoms with Crippen LogP contribution < -0.4 is 5.73 Å². The first kappa shape index (κ1) is 12.3. The highest BCUT2D eigenvalue weighted by Crippen LogP contribution is 2.28. The van der Waals surface area contributed by atoms with Crippen molar-refractivity contribution in [2.24, 2.45) is 5.73 Å². The van der Waals surface area contributed by atoms with Gasteiger partial charge in [0.15, 0.2) is 0 Å². The second-order valence-electron chi connectivity index (χ2n) is 5.17. The van der Waals surface area contributed by atoms with Crippen LogP contribution in [0.15, 0.2) is 18.5 Å². The summed E-state index contributed by atoms with van der Waals surface area (Å²) in [6.45, 7) is 1.28. The van der Waals surface area contributed by atoms with Crippen molar-refractivity contribution in [3.8, 4) is 0 Å². The van der Waals surface area contributed by atoms with Crippen molar-refractivity contribution < 1.29 is 0 Å². The molecule has 0 unspecified atom stereocenters. The Bertz CT molecular complexity index is 523. The second-order valence-corrected chi connectivity index (χ2v) is 5.17. The van der Waals surface area contributed by atoms with Crippen LogP contribution in [0, 0.1) is 0 Å². The van der Waals surface area contributed by atoms with Crippen LogP contribution in [0.4, 0.5) is 0 Å². The molecule has 0 aromatic carbocycles. The van der Waals surface area contributed by atoms with Crippen molar-refractivity contribution >= 4 is 0 Å². The molecule has 0 bridgehead atoms. The highest BCUT2D eigenvalue weighted by atomic mass is 15.4. The topological polar surface area (TPSA) is 74.5 Å². The van der Waals surface area contributed by atoms with E-state index in [1.165, 1.54) is 25.7 Å². The number of hydrogen-bond donors (Lipinski definition) is 1. The van der Waals surface area contributed by atoms with Crippen molar-refractivity contribution in [1.82, 2.24) is 24.8 Å². The standard InChI is InChI=1S/C13H20N6/c14-7-5-11-9-18(17-15-11)10-12-6-8-19(16-12)13-3-1-2-4-13/h6,8-9,13H,1-5,7,10,14H2. The molecule has 2 aromatic heterocycles. The van der Waals surface area contributed by atoms with Crippen molar-refractivity contribution in [3.05, 3.63) is 29.8 Å². The van der Waals surface area contributed by atoms with Gasteiger partial charge in [0.1, 0.15) is 0 Å². The molecule has 1 aliphatic carbocycles. The summed E-state index contributed by atoms with van der Waals surface area (Å²) in [5, 5.41) is 12.8. The summed E-state index contributed by atoms with van der Waals surface area (Å²) in [6.07, 6.45) is 9.97. The van der Waals surface area contributed by atoms with Gasteiger partial charge in [-0.05, 0) is 25.5 Å². The summed E-state index contributed by atoms with van der Waals surface area (Å²) in [4.78, 5) is 0. The molecule has 3 rings (SSSR count). The zero-order valence-electron chi connectivity index (χ0n) is 11.1. The molecule has 1 saturated carbocycles. The Balaban J connectivity index is 1.65. The lowest BCUT2D eigenvalue weighted by Crippen LogP contribution is -2.07. The predicted molar refractivity (Wildman–Crippen MR) is 71.6 cm³/mol. The van der Waals surface area contributed by atoms with E-state index < -0.39 is 0 Å². The van der Waals surface area contributed by atoms with E-state index in [2.05, 4.69) is 32.4 Å². The minimum Gasteiger partial charge on any atom is -0.330 e. The summed E-state index contributed by atoms with van der Waals surface area (Å²) in [5.41, 5.74) is 7.48. The van der Waals surface area contributed by atoms with Gasteiger partial charge in [0.2, 0.25) is 0 Å². The number of hydrogen-bond acceptors (Lipinski definition) is 4. The molecule has 2 N–H and O–H groups in total. The van der Waals surface area contributed by atoms with E-state index in [9.17, 15) is 0 Å². The first-order valence-corrected chi connectivity index (χ1v) is 6.98. The third-order valence-electron chi connectivity index (χ3n) is 3.67. The van der Waals surface area contributed by atoms with Crippen LogP contribution >= 0.6 is 0 Å². The summed E-state index contributed by atoms with van der Waals surface area (Å²) >= 11 is 0. The Kier molecular flexibility index (Phi) is 3.59. The Morgan fingerprint density at radius 2 is 2.11 bits per heavy atom. The number of nitrogens with zero attached hydrogens (tertiary/aromatic N) is 5. The fraction of sp³-hybridized carbons (Fsp3) is 0.615. The number of nitrogens with two attached hydrogens (primary N) is 1. The zero-order valence-corrected chi connectivity index (χ0v) is 11.1. The third-order valence-corrected chi connectivity index (χ3v) is 3.67. The molecule has 2 aromatic rings. The van der Waals surface area contributed by atoms with Gasteiger partial charge in [-0.1, -0.05) is 18.1 Å². The smallest absolute Gasteiger partial charge is 0.0867 e. The van der Waals surface area contributed by atoms with Gasteiger partial charge in [-0.3, -0.25) is 4.68 Å². The van der Waals surface area contributed by atoms with E-state index in [1.54, 1.807) is 0 Å². The molecule has 19 heavy (non-hydrogen) atoms. The number of aromatic nitrogens is 5. The fourth-order valence-electron chi connectivity index (χ4n) is 2.68. The largest absolute Gasteiger partial charge is 0.330 e. The molecule has 0 aliphatic heterocycles. The maximum atomic E-state index is 5.50. The zero-order chi connectivity index (χ0) is 13.1. The lowest BCUT2D eigenvalue weighted by atomic mass is 10.3. The minimum atomic E-state index is 0.595. The van der Waals surface area contributed by atoms with Crippen LogP contribution in [0.5, 0.6) is 0 Å². The maximum Gasteiger partial charge on any atom is 0.0867 e. The molecule has 1 fully saturated rings. The summed E-state index contributed by atoms with van der Waals surface area (Å²) in [6, 6.07) is 2.67. The minimum absolute atomic E-state index is 0.595. The van der Waals surface area contributed by atoms with Gasteiger partial charge in [0, 0.05) is 18.8 Å². The van der Waals surface area contributed by atoms with Gasteiger partial charge in [-0.2, -0.15) is 5.10 Å². The monoisotopic (exact) mass is 260 g/mol. The molecule has 1 aliphatic rings. The van der Waals surface area contributed by atoms with Gasteiger partial charge >= 0.3 is 0 Å². The maximum absolute atomic E-state index is 5.50. The summed E-state index contributed by atoms with van der Waals surface area (Å²) in [7, 11) is 0. The van der Waals surface area contributed by atoms with Gasteiger partial charge in [-0.15, -0.1) is 5.10 Å². The van der Waals surface area contributed by atoms with E-state index in [-0.39, 0.29) is 0 Å². The second kappa shape index (κ2) is 5.52. The molecule has 6 nitrogen and oxygen atoms in total. The molecule has 2 heterocycles. The molecular formula is C13H20N6. The lowest BCUT2D eigenvalue weighted by molar-refractivity contribution is 0.460. The highest BCUT2D eigenvalue weighted by Gasteiger charge is 2.17. The van der Waals surface area contributed by atoms with Crippen molar-refractivity contribution in [3.63, 3.8) is 0 Å². The third kappa shape index (κ3) is 2.84. The molecule has 0 amide bonds. The first-order valence-electron chi connectivity index (χ1n) is 6.98. The van der Waals surface area contributed by atoms with Gasteiger partial charge in [0.25, 0.3) is 0 Å². The highest BCUT2D eigenvalue weighted by molar-refractivity contribution is 5.02. The quantitative estimate of drug-likeness (QED) is 0.874. The van der Waals surface area contributed by atoms with Gasteiger partial charge < -0.3 is 5.73 Å². The Hall–Kier alpha value is -1.69. The van der Waals surface area contributed by atoms with E-state index in [0.29, 0.717) is 19.1 Å². The van der Waals surface area contributed by atoms with Crippen LogP contribution in [-0.4, -0.2) is 31.3 Å². The Morgan fingerprint density at radius 1 is 1.26 bits per heavy atom. The Morgan fingerprint density at radius 3 is 2.89 bits per heavy atom. The van der Waals surface area contributed by atoms with E-state index in [4.69, 9.17) is 5.73 Å². The molecule has 0 saturated heterocycles. The van der Waals surface area contributed by atoms with Crippen LogP contribution in [0.25, 0.3) is 0 Å². The van der Waals surface area contributed by atoms with Gasteiger partial charge in [0.05, 0.1) is 24.0 Å². The Labute approximate surface area is 112 Å². The molecule has 0 spiro atoms. The normalized spacial score (nSPS) is 16.3. The van der Waals surface area contributed by atoms with Crippen LogP contribution in [0.3, 0.4) is 0 Å². The summed E-state index contributed by atoms with van der Waals surface area (Å²) < 4.78 is 3.94. The van der Waals surface area contributed by atoms with E-state index in [1.807, 2.05) is 10.9 Å². The lowest BCUT2D eigenvalue weighted by Gasteiger charge is -2.08. The van der Waals surface area contributed by atoms with Crippen molar-refractivity contribution in [1.29, 1.82) is 0 Å². The molecule has 6 heteroatoms. The first-order chi connectivity index (χ1) is 9.35. The predicted octanol–water partition coefficient (Wildman–Crippen LogP) is 1.14. The van der Waals surface area contributed by atoms with Gasteiger partial charge in [-0.25, -0.2) is 4.68 Å². The molecule has 0 radical (unpaired) electrons. The molecular weight excluding hydrogens is 240 g/mol.